The highest BCUT2D eigenvalue weighted by Crippen LogP contribution is 2.34. The number of amides is 2. The second kappa shape index (κ2) is 11.6. The molecule has 1 aliphatic heterocycles. The van der Waals surface area contributed by atoms with Crippen LogP contribution in [0.3, 0.4) is 0 Å². The van der Waals surface area contributed by atoms with Gasteiger partial charge in [-0.25, -0.2) is 0 Å². The number of alkyl halides is 3. The zero-order chi connectivity index (χ0) is 24.7. The molecule has 2 amide bonds. The van der Waals surface area contributed by atoms with E-state index in [2.05, 4.69) is 5.32 Å². The number of nitrogens with zero attached hydrogens (tertiary/aromatic N) is 2. The van der Waals surface area contributed by atoms with Crippen molar-refractivity contribution < 1.29 is 27.5 Å². The van der Waals surface area contributed by atoms with Crippen molar-refractivity contribution in [3.8, 4) is 5.75 Å². The van der Waals surface area contributed by atoms with E-state index in [4.69, 9.17) is 16.3 Å². The molecule has 0 aliphatic carbocycles. The summed E-state index contributed by atoms with van der Waals surface area (Å²) in [6.07, 6.45) is -3.63. The first-order valence-electron chi connectivity index (χ1n) is 11.0. The Morgan fingerprint density at radius 2 is 1.79 bits per heavy atom. The first-order chi connectivity index (χ1) is 16.1. The van der Waals surface area contributed by atoms with Gasteiger partial charge in [0.15, 0.2) is 0 Å². The molecule has 1 N–H and O–H groups in total. The van der Waals surface area contributed by atoms with Crippen LogP contribution in [-0.2, 0) is 15.8 Å². The van der Waals surface area contributed by atoms with Gasteiger partial charge in [-0.15, -0.1) is 0 Å². The van der Waals surface area contributed by atoms with Crippen LogP contribution >= 0.6 is 11.6 Å². The van der Waals surface area contributed by atoms with E-state index in [1.54, 1.807) is 17.0 Å². The highest BCUT2D eigenvalue weighted by molar-refractivity contribution is 6.31. The van der Waals surface area contributed by atoms with Gasteiger partial charge in [-0.3, -0.25) is 14.5 Å². The number of benzene rings is 2. The molecule has 34 heavy (non-hydrogen) atoms. The van der Waals surface area contributed by atoms with Gasteiger partial charge in [-0.1, -0.05) is 23.7 Å². The van der Waals surface area contributed by atoms with E-state index in [1.807, 2.05) is 17.9 Å². The molecule has 10 heteroatoms. The van der Waals surface area contributed by atoms with Crippen LogP contribution in [0.2, 0.25) is 5.02 Å². The van der Waals surface area contributed by atoms with Gasteiger partial charge >= 0.3 is 6.18 Å². The summed E-state index contributed by atoms with van der Waals surface area (Å²) in [5.74, 6) is 0.198. The quantitative estimate of drug-likeness (QED) is 0.541. The third-order valence-electron chi connectivity index (χ3n) is 5.53. The fourth-order valence-corrected chi connectivity index (χ4v) is 3.78. The van der Waals surface area contributed by atoms with Crippen LogP contribution in [-0.4, -0.2) is 60.9 Å². The molecule has 0 spiro atoms. The minimum absolute atomic E-state index is 0.0130. The SMILES string of the molecule is Cc1cc(OCCCC(=O)N2CCN(CC(=O)Nc3ccccc3C(F)(F)F)CC2)ccc1Cl. The van der Waals surface area contributed by atoms with Gasteiger partial charge in [-0.05, 0) is 49.2 Å². The third kappa shape index (κ3) is 7.36. The molecule has 2 aromatic carbocycles. The van der Waals surface area contributed by atoms with Crippen molar-refractivity contribution in [2.24, 2.45) is 0 Å². The lowest BCUT2D eigenvalue weighted by Crippen LogP contribution is -2.50. The summed E-state index contributed by atoms with van der Waals surface area (Å²) in [7, 11) is 0. The van der Waals surface area contributed by atoms with Gasteiger partial charge in [0, 0.05) is 37.6 Å². The number of para-hydroxylation sites is 1. The van der Waals surface area contributed by atoms with Gasteiger partial charge in [0.2, 0.25) is 11.8 Å². The number of aryl methyl sites for hydroxylation is 1. The average molecular weight is 498 g/mol. The van der Waals surface area contributed by atoms with Crippen molar-refractivity contribution in [3.05, 3.63) is 58.6 Å². The minimum atomic E-state index is -4.55. The number of piperazine rings is 1. The number of hydrogen-bond acceptors (Lipinski definition) is 4. The maximum absolute atomic E-state index is 13.1. The second-order valence-corrected chi connectivity index (χ2v) is 8.52. The Hall–Kier alpha value is -2.78. The second-order valence-electron chi connectivity index (χ2n) is 8.11. The van der Waals surface area contributed by atoms with E-state index in [-0.39, 0.29) is 18.1 Å². The number of hydrogen-bond donors (Lipinski definition) is 1. The molecule has 0 atom stereocenters. The summed E-state index contributed by atoms with van der Waals surface area (Å²) in [6, 6.07) is 10.3. The van der Waals surface area contributed by atoms with Gasteiger partial charge in [-0.2, -0.15) is 13.2 Å². The van der Waals surface area contributed by atoms with Crippen LogP contribution in [0.1, 0.15) is 24.0 Å². The molecular formula is C24H27ClF3N3O3. The number of nitrogens with one attached hydrogen (secondary N) is 1. The van der Waals surface area contributed by atoms with Gasteiger partial charge in [0.05, 0.1) is 24.4 Å². The molecular weight excluding hydrogens is 471 g/mol. The summed E-state index contributed by atoms with van der Waals surface area (Å²) in [5, 5.41) is 3.02. The summed E-state index contributed by atoms with van der Waals surface area (Å²) in [6.45, 7) is 4.13. The van der Waals surface area contributed by atoms with Crippen molar-refractivity contribution in [3.63, 3.8) is 0 Å². The molecule has 184 valence electrons. The Bertz CT molecular complexity index is 1010. The summed E-state index contributed by atoms with van der Waals surface area (Å²) >= 11 is 5.99. The Labute approximate surface area is 201 Å². The van der Waals surface area contributed by atoms with Crippen LogP contribution < -0.4 is 10.1 Å². The maximum atomic E-state index is 13.1. The first kappa shape index (κ1) is 25.8. The van der Waals surface area contributed by atoms with E-state index >= 15 is 0 Å². The van der Waals surface area contributed by atoms with Crippen LogP contribution in [0.25, 0.3) is 0 Å². The number of ether oxygens (including phenoxy) is 1. The minimum Gasteiger partial charge on any atom is -0.494 e. The van der Waals surface area contributed by atoms with Crippen molar-refractivity contribution in [2.45, 2.75) is 25.9 Å². The molecule has 1 saturated heterocycles. The highest BCUT2D eigenvalue weighted by Gasteiger charge is 2.33. The van der Waals surface area contributed by atoms with Gasteiger partial charge < -0.3 is 15.0 Å². The van der Waals surface area contributed by atoms with Crippen LogP contribution in [0.4, 0.5) is 18.9 Å². The zero-order valence-corrected chi connectivity index (χ0v) is 19.6. The van der Waals surface area contributed by atoms with Crippen molar-refractivity contribution in [1.82, 2.24) is 9.80 Å². The average Bonchev–Trinajstić information content (AvgIpc) is 2.79. The lowest BCUT2D eigenvalue weighted by Gasteiger charge is -2.34. The molecule has 0 unspecified atom stereocenters. The number of anilines is 1. The molecule has 0 saturated carbocycles. The third-order valence-corrected chi connectivity index (χ3v) is 5.96. The first-order valence-corrected chi connectivity index (χ1v) is 11.4. The van der Waals surface area contributed by atoms with Crippen molar-refractivity contribution in [1.29, 1.82) is 0 Å². The molecule has 1 aliphatic rings. The van der Waals surface area contributed by atoms with Crippen molar-refractivity contribution >= 4 is 29.1 Å². The molecule has 0 aromatic heterocycles. The lowest BCUT2D eigenvalue weighted by molar-refractivity contribution is -0.137. The molecule has 6 nitrogen and oxygen atoms in total. The molecule has 1 heterocycles. The molecule has 2 aromatic rings. The fraction of sp³-hybridized carbons (Fsp3) is 0.417. The summed E-state index contributed by atoms with van der Waals surface area (Å²) in [5.41, 5.74) is -0.218. The van der Waals surface area contributed by atoms with E-state index in [0.29, 0.717) is 56.4 Å². The van der Waals surface area contributed by atoms with E-state index in [0.717, 1.165) is 11.6 Å². The van der Waals surface area contributed by atoms with Gasteiger partial charge in [0.1, 0.15) is 5.75 Å². The number of carbonyl (C=O) groups is 2. The van der Waals surface area contributed by atoms with E-state index < -0.39 is 17.6 Å². The van der Waals surface area contributed by atoms with Crippen LogP contribution in [0.5, 0.6) is 5.75 Å². The maximum Gasteiger partial charge on any atom is 0.418 e. The Morgan fingerprint density at radius 1 is 1.09 bits per heavy atom. The normalized spacial score (nSPS) is 14.7. The van der Waals surface area contributed by atoms with Crippen LogP contribution in [0.15, 0.2) is 42.5 Å². The Morgan fingerprint density at radius 3 is 2.47 bits per heavy atom. The van der Waals surface area contributed by atoms with E-state index in [9.17, 15) is 22.8 Å². The van der Waals surface area contributed by atoms with E-state index in [1.165, 1.54) is 18.2 Å². The van der Waals surface area contributed by atoms with Gasteiger partial charge in [0.25, 0.3) is 0 Å². The highest BCUT2D eigenvalue weighted by atomic mass is 35.5. The molecule has 0 bridgehead atoms. The standard InChI is InChI=1S/C24H27ClF3N3O3/c1-17-15-18(8-9-20(17)25)34-14-4-7-23(33)31-12-10-30(11-13-31)16-22(32)29-21-6-3-2-5-19(21)24(26,27)28/h2-3,5-6,8-9,15H,4,7,10-14,16H2,1H3,(H,29,32). The monoisotopic (exact) mass is 497 g/mol. The van der Waals surface area contributed by atoms with Crippen LogP contribution in [0, 0.1) is 6.92 Å². The fourth-order valence-electron chi connectivity index (χ4n) is 3.67. The zero-order valence-electron chi connectivity index (χ0n) is 18.8. The topological polar surface area (TPSA) is 61.9 Å². The predicted octanol–water partition coefficient (Wildman–Crippen LogP) is 4.61. The molecule has 0 radical (unpaired) electrons. The lowest BCUT2D eigenvalue weighted by atomic mass is 10.1. The Kier molecular flexibility index (Phi) is 8.79. The molecule has 3 rings (SSSR count). The number of carbonyl (C=O) groups excluding carboxylic acids is 2. The largest absolute Gasteiger partial charge is 0.494 e. The number of rotatable bonds is 8. The summed E-state index contributed by atoms with van der Waals surface area (Å²) < 4.78 is 44.9. The summed E-state index contributed by atoms with van der Waals surface area (Å²) in [4.78, 5) is 28.3. The smallest absolute Gasteiger partial charge is 0.418 e. The molecule has 1 fully saturated rings. The Balaban J connectivity index is 1.37. The van der Waals surface area contributed by atoms with Crippen molar-refractivity contribution in [2.75, 3.05) is 44.6 Å². The number of halogens is 4. The predicted molar refractivity (Wildman–Crippen MR) is 124 cm³/mol.